The summed E-state index contributed by atoms with van der Waals surface area (Å²) in [6, 6.07) is 0. The predicted octanol–water partition coefficient (Wildman–Crippen LogP) is 5.95. The van der Waals surface area contributed by atoms with Crippen molar-refractivity contribution in [3.05, 3.63) is 0 Å². The molecule has 0 nitrogen and oxygen atoms in total. The molecule has 1 rings (SSSR count). The number of hydrogen-bond donors (Lipinski definition) is 0. The summed E-state index contributed by atoms with van der Waals surface area (Å²) in [5, 5.41) is 0. The monoisotopic (exact) mass is 224 g/mol. The van der Waals surface area contributed by atoms with Crippen LogP contribution in [0.25, 0.3) is 0 Å². The van der Waals surface area contributed by atoms with E-state index in [4.69, 9.17) is 0 Å². The summed E-state index contributed by atoms with van der Waals surface area (Å²) < 4.78 is 0. The van der Waals surface area contributed by atoms with Gasteiger partial charge >= 0.3 is 0 Å². The summed E-state index contributed by atoms with van der Waals surface area (Å²) in [7, 11) is 0. The fourth-order valence-corrected chi connectivity index (χ4v) is 4.33. The fourth-order valence-electron chi connectivity index (χ4n) is 4.33. The second kappa shape index (κ2) is 6.07. The second-order valence-corrected chi connectivity index (χ2v) is 6.26. The van der Waals surface area contributed by atoms with Crippen LogP contribution < -0.4 is 0 Å². The normalized spacial score (nSPS) is 21.0. The van der Waals surface area contributed by atoms with Crippen LogP contribution in [-0.2, 0) is 0 Å². The van der Waals surface area contributed by atoms with E-state index in [9.17, 15) is 0 Å². The van der Waals surface area contributed by atoms with Crippen molar-refractivity contribution in [2.75, 3.05) is 0 Å². The lowest BCUT2D eigenvalue weighted by molar-refractivity contribution is -0.00880. The Kier molecular flexibility index (Phi) is 5.34. The highest BCUT2D eigenvalue weighted by molar-refractivity contribution is 4.95. The number of rotatable bonds is 6. The zero-order valence-electron chi connectivity index (χ0n) is 12.1. The van der Waals surface area contributed by atoms with Gasteiger partial charge in [-0.25, -0.2) is 0 Å². The van der Waals surface area contributed by atoms with Crippen molar-refractivity contribution in [1.29, 1.82) is 0 Å². The maximum atomic E-state index is 2.60. The Balaban J connectivity index is 2.86. The topological polar surface area (TPSA) is 0 Å². The molecular formula is C16H32. The highest BCUT2D eigenvalue weighted by Crippen LogP contribution is 2.56. The molecule has 1 saturated carbocycles. The van der Waals surface area contributed by atoms with E-state index < -0.39 is 0 Å². The molecule has 0 bridgehead atoms. The van der Waals surface area contributed by atoms with Gasteiger partial charge in [-0.15, -0.1) is 0 Å². The molecule has 0 heteroatoms. The molecule has 0 unspecified atom stereocenters. The quantitative estimate of drug-likeness (QED) is 0.522. The Labute approximate surface area is 103 Å². The molecule has 0 aromatic heterocycles. The van der Waals surface area contributed by atoms with Crippen LogP contribution in [0.3, 0.4) is 0 Å². The average Bonchev–Trinajstić information content (AvgIpc) is 2.29. The second-order valence-electron chi connectivity index (χ2n) is 6.26. The van der Waals surface area contributed by atoms with E-state index in [2.05, 4.69) is 27.7 Å². The van der Waals surface area contributed by atoms with Gasteiger partial charge in [-0.2, -0.15) is 0 Å². The molecule has 1 fully saturated rings. The molecule has 0 N–H and O–H groups in total. The predicted molar refractivity (Wildman–Crippen MR) is 73.7 cm³/mol. The SMILES string of the molecule is CCCC(CC)(CCC)C1(C)CCCCC1. The molecule has 0 amide bonds. The minimum atomic E-state index is 0.645. The summed E-state index contributed by atoms with van der Waals surface area (Å²) in [6.07, 6.45) is 14.4. The first kappa shape index (κ1) is 14.1. The van der Waals surface area contributed by atoms with Crippen LogP contribution in [-0.4, -0.2) is 0 Å². The highest BCUT2D eigenvalue weighted by atomic mass is 14.5. The summed E-state index contributed by atoms with van der Waals surface area (Å²) in [6.45, 7) is 9.77. The maximum Gasteiger partial charge on any atom is -0.0246 e. The molecule has 96 valence electrons. The van der Waals surface area contributed by atoms with E-state index in [1.807, 2.05) is 0 Å². The van der Waals surface area contributed by atoms with Crippen molar-refractivity contribution in [2.24, 2.45) is 10.8 Å². The van der Waals surface area contributed by atoms with Crippen LogP contribution in [0, 0.1) is 10.8 Å². The molecule has 0 spiro atoms. The first-order valence-corrected chi connectivity index (χ1v) is 7.64. The van der Waals surface area contributed by atoms with E-state index in [0.717, 1.165) is 0 Å². The molecule has 0 aromatic carbocycles. The summed E-state index contributed by atoms with van der Waals surface area (Å²) in [5.74, 6) is 0. The minimum absolute atomic E-state index is 0.645. The Hall–Kier alpha value is 0. The third-order valence-corrected chi connectivity index (χ3v) is 5.37. The van der Waals surface area contributed by atoms with Crippen LogP contribution in [0.5, 0.6) is 0 Å². The van der Waals surface area contributed by atoms with Gasteiger partial charge in [0.1, 0.15) is 0 Å². The van der Waals surface area contributed by atoms with Crippen molar-refractivity contribution in [3.8, 4) is 0 Å². The van der Waals surface area contributed by atoms with Crippen molar-refractivity contribution >= 4 is 0 Å². The van der Waals surface area contributed by atoms with Crippen LogP contribution in [0.4, 0.5) is 0 Å². The highest BCUT2D eigenvalue weighted by Gasteiger charge is 2.45. The van der Waals surface area contributed by atoms with E-state index in [-0.39, 0.29) is 0 Å². The van der Waals surface area contributed by atoms with Gasteiger partial charge in [0.05, 0.1) is 0 Å². The summed E-state index contributed by atoms with van der Waals surface area (Å²) >= 11 is 0. The van der Waals surface area contributed by atoms with Crippen LogP contribution in [0.15, 0.2) is 0 Å². The smallest absolute Gasteiger partial charge is 0.0246 e. The molecule has 0 atom stereocenters. The van der Waals surface area contributed by atoms with E-state index in [0.29, 0.717) is 10.8 Å². The van der Waals surface area contributed by atoms with Gasteiger partial charge in [-0.1, -0.05) is 59.8 Å². The Morgan fingerprint density at radius 2 is 1.38 bits per heavy atom. The minimum Gasteiger partial charge on any atom is -0.0654 e. The van der Waals surface area contributed by atoms with Crippen LogP contribution in [0.2, 0.25) is 0 Å². The van der Waals surface area contributed by atoms with Gasteiger partial charge in [0.25, 0.3) is 0 Å². The molecular weight excluding hydrogens is 192 g/mol. The molecule has 0 aromatic rings. The third kappa shape index (κ3) is 2.63. The lowest BCUT2D eigenvalue weighted by Crippen LogP contribution is -2.41. The van der Waals surface area contributed by atoms with E-state index >= 15 is 0 Å². The zero-order valence-corrected chi connectivity index (χ0v) is 12.1. The van der Waals surface area contributed by atoms with E-state index in [1.165, 1.54) is 64.2 Å². The van der Waals surface area contributed by atoms with Gasteiger partial charge in [0, 0.05) is 0 Å². The van der Waals surface area contributed by atoms with Crippen molar-refractivity contribution in [3.63, 3.8) is 0 Å². The molecule has 1 aliphatic rings. The molecule has 0 radical (unpaired) electrons. The molecule has 0 heterocycles. The third-order valence-electron chi connectivity index (χ3n) is 5.37. The summed E-state index contributed by atoms with van der Waals surface area (Å²) in [4.78, 5) is 0. The zero-order chi connectivity index (χ0) is 12.1. The molecule has 1 aliphatic carbocycles. The first-order valence-electron chi connectivity index (χ1n) is 7.64. The maximum absolute atomic E-state index is 2.60. The van der Waals surface area contributed by atoms with Crippen LogP contribution >= 0.6 is 0 Å². The van der Waals surface area contributed by atoms with Crippen molar-refractivity contribution in [1.82, 2.24) is 0 Å². The fraction of sp³-hybridized carbons (Fsp3) is 1.00. The summed E-state index contributed by atoms with van der Waals surface area (Å²) in [5.41, 5.74) is 1.29. The van der Waals surface area contributed by atoms with Crippen LogP contribution in [0.1, 0.15) is 91.9 Å². The van der Waals surface area contributed by atoms with Crippen molar-refractivity contribution in [2.45, 2.75) is 91.9 Å². The molecule has 0 saturated heterocycles. The Morgan fingerprint density at radius 3 is 1.75 bits per heavy atom. The van der Waals surface area contributed by atoms with Gasteiger partial charge in [-0.3, -0.25) is 0 Å². The average molecular weight is 224 g/mol. The molecule has 0 aliphatic heterocycles. The Bertz CT molecular complexity index is 180. The number of hydrogen-bond acceptors (Lipinski definition) is 0. The largest absolute Gasteiger partial charge is 0.0654 e. The van der Waals surface area contributed by atoms with E-state index in [1.54, 1.807) is 0 Å². The van der Waals surface area contributed by atoms with Gasteiger partial charge in [0.2, 0.25) is 0 Å². The standard InChI is InChI=1S/C16H32/c1-5-11-16(7-3,12-6-2)15(4)13-9-8-10-14-15/h5-14H2,1-4H3. The first-order chi connectivity index (χ1) is 7.64. The van der Waals surface area contributed by atoms with Gasteiger partial charge in [0.15, 0.2) is 0 Å². The van der Waals surface area contributed by atoms with Gasteiger partial charge < -0.3 is 0 Å². The Morgan fingerprint density at radius 1 is 0.875 bits per heavy atom. The van der Waals surface area contributed by atoms with Gasteiger partial charge in [-0.05, 0) is 42.9 Å². The van der Waals surface area contributed by atoms with Crippen molar-refractivity contribution < 1.29 is 0 Å². The lowest BCUT2D eigenvalue weighted by Gasteiger charge is -2.51. The molecule has 16 heavy (non-hydrogen) atoms. The lowest BCUT2D eigenvalue weighted by atomic mass is 9.54.